The molecular formula is C28H31N5O4. The number of hydrogen-bond donors (Lipinski definition) is 0. The Balaban J connectivity index is 1.18. The van der Waals surface area contributed by atoms with Crippen LogP contribution in [0, 0.1) is 0 Å². The molecule has 1 saturated heterocycles. The first-order chi connectivity index (χ1) is 18.1. The van der Waals surface area contributed by atoms with Crippen LogP contribution < -0.4 is 14.4 Å². The summed E-state index contributed by atoms with van der Waals surface area (Å²) in [6.45, 7) is 2.60. The number of rotatable bonds is 8. The largest absolute Gasteiger partial charge is 0.493 e. The van der Waals surface area contributed by atoms with Crippen molar-refractivity contribution >= 4 is 17.6 Å². The summed E-state index contributed by atoms with van der Waals surface area (Å²) in [6.07, 6.45) is 1.91. The summed E-state index contributed by atoms with van der Waals surface area (Å²) in [5, 5.41) is 8.84. The minimum Gasteiger partial charge on any atom is -0.493 e. The Hall–Kier alpha value is -4.14. The summed E-state index contributed by atoms with van der Waals surface area (Å²) in [4.78, 5) is 31.8. The number of carbonyl (C=O) groups excluding carboxylic acids is 2. The molecule has 0 bridgehead atoms. The average molecular weight is 502 g/mol. The molecule has 1 aromatic heterocycles. The summed E-state index contributed by atoms with van der Waals surface area (Å²) < 4.78 is 10.7. The van der Waals surface area contributed by atoms with Gasteiger partial charge in [-0.15, -0.1) is 10.2 Å². The fraction of sp³-hybridized carbons (Fsp3) is 0.357. The van der Waals surface area contributed by atoms with Crippen LogP contribution in [0.4, 0.5) is 5.82 Å². The van der Waals surface area contributed by atoms with Gasteiger partial charge < -0.3 is 24.2 Å². The number of aromatic nitrogens is 2. The van der Waals surface area contributed by atoms with Crippen LogP contribution in [0.2, 0.25) is 0 Å². The standard InChI is InChI=1S/C28H31N5O4/c1-36-24-12-8-21(18-25(24)37-2)23-11-13-26(30-29-23)31-14-16-32(17-15-31)27(34)19-33(22-9-10-22)28(35)20-6-4-3-5-7-20/h3-8,11-13,18,22H,9-10,14-17,19H2,1-2H3. The highest BCUT2D eigenvalue weighted by molar-refractivity contribution is 5.97. The SMILES string of the molecule is COc1ccc(-c2ccc(N3CCN(C(=O)CN(C(=O)c4ccccc4)C4CC4)CC3)nn2)cc1OC. The second-order valence-electron chi connectivity index (χ2n) is 9.24. The van der Waals surface area contributed by atoms with E-state index in [1.807, 2.05) is 53.4 Å². The van der Waals surface area contributed by atoms with Crippen LogP contribution in [0.25, 0.3) is 11.3 Å². The average Bonchev–Trinajstić information content (AvgIpc) is 3.81. The lowest BCUT2D eigenvalue weighted by molar-refractivity contribution is -0.132. The summed E-state index contributed by atoms with van der Waals surface area (Å²) in [5.41, 5.74) is 2.25. The van der Waals surface area contributed by atoms with Crippen molar-refractivity contribution in [3.63, 3.8) is 0 Å². The van der Waals surface area contributed by atoms with Crippen molar-refractivity contribution in [1.82, 2.24) is 20.0 Å². The molecule has 2 amide bonds. The van der Waals surface area contributed by atoms with E-state index in [2.05, 4.69) is 15.1 Å². The molecule has 0 unspecified atom stereocenters. The van der Waals surface area contributed by atoms with Crippen molar-refractivity contribution in [1.29, 1.82) is 0 Å². The van der Waals surface area contributed by atoms with Gasteiger partial charge in [0.1, 0.15) is 6.54 Å². The monoisotopic (exact) mass is 501 g/mol. The van der Waals surface area contributed by atoms with Crippen molar-refractivity contribution in [2.75, 3.05) is 51.8 Å². The van der Waals surface area contributed by atoms with Crippen LogP contribution in [0.1, 0.15) is 23.2 Å². The molecule has 2 fully saturated rings. The van der Waals surface area contributed by atoms with E-state index in [-0.39, 0.29) is 24.4 Å². The minimum atomic E-state index is -0.0695. The Kier molecular flexibility index (Phi) is 7.20. The van der Waals surface area contributed by atoms with Gasteiger partial charge in [0.05, 0.1) is 19.9 Å². The number of carbonyl (C=O) groups is 2. The molecule has 37 heavy (non-hydrogen) atoms. The number of amides is 2. The van der Waals surface area contributed by atoms with Gasteiger partial charge in [-0.3, -0.25) is 9.59 Å². The van der Waals surface area contributed by atoms with E-state index in [4.69, 9.17) is 9.47 Å². The number of ether oxygens (including phenoxy) is 2. The quantitative estimate of drug-likeness (QED) is 0.469. The molecule has 3 aromatic rings. The fourth-order valence-electron chi connectivity index (χ4n) is 4.57. The predicted molar refractivity (Wildman–Crippen MR) is 140 cm³/mol. The molecule has 1 aliphatic carbocycles. The van der Waals surface area contributed by atoms with Crippen LogP contribution >= 0.6 is 0 Å². The highest BCUT2D eigenvalue weighted by atomic mass is 16.5. The lowest BCUT2D eigenvalue weighted by Crippen LogP contribution is -2.52. The minimum absolute atomic E-state index is 0.00860. The first-order valence-electron chi connectivity index (χ1n) is 12.5. The van der Waals surface area contributed by atoms with Gasteiger partial charge in [0, 0.05) is 43.3 Å². The van der Waals surface area contributed by atoms with E-state index in [9.17, 15) is 9.59 Å². The van der Waals surface area contributed by atoms with E-state index < -0.39 is 0 Å². The lowest BCUT2D eigenvalue weighted by Gasteiger charge is -2.36. The third kappa shape index (κ3) is 5.50. The van der Waals surface area contributed by atoms with Gasteiger partial charge in [-0.25, -0.2) is 0 Å². The number of benzene rings is 2. The first-order valence-corrected chi connectivity index (χ1v) is 12.5. The smallest absolute Gasteiger partial charge is 0.254 e. The van der Waals surface area contributed by atoms with Gasteiger partial charge in [-0.05, 0) is 55.3 Å². The zero-order chi connectivity index (χ0) is 25.8. The van der Waals surface area contributed by atoms with Crippen molar-refractivity contribution in [3.8, 4) is 22.8 Å². The molecule has 0 radical (unpaired) electrons. The van der Waals surface area contributed by atoms with Crippen LogP contribution in [-0.2, 0) is 4.79 Å². The summed E-state index contributed by atoms with van der Waals surface area (Å²) in [6, 6.07) is 18.9. The van der Waals surface area contributed by atoms with Crippen LogP contribution in [-0.4, -0.2) is 84.8 Å². The fourth-order valence-corrected chi connectivity index (χ4v) is 4.57. The molecule has 1 saturated carbocycles. The molecule has 192 valence electrons. The van der Waals surface area contributed by atoms with E-state index in [0.29, 0.717) is 43.2 Å². The summed E-state index contributed by atoms with van der Waals surface area (Å²) >= 11 is 0. The molecule has 0 N–H and O–H groups in total. The highest BCUT2D eigenvalue weighted by Gasteiger charge is 2.35. The highest BCUT2D eigenvalue weighted by Crippen LogP contribution is 2.32. The number of piperazine rings is 1. The molecule has 2 heterocycles. The van der Waals surface area contributed by atoms with E-state index in [0.717, 1.165) is 29.9 Å². The van der Waals surface area contributed by atoms with E-state index >= 15 is 0 Å². The van der Waals surface area contributed by atoms with Gasteiger partial charge in [-0.1, -0.05) is 18.2 Å². The number of hydrogen-bond acceptors (Lipinski definition) is 7. The molecule has 2 aliphatic rings. The van der Waals surface area contributed by atoms with Crippen LogP contribution in [0.3, 0.4) is 0 Å². The summed E-state index contributed by atoms with van der Waals surface area (Å²) in [5.74, 6) is 1.99. The van der Waals surface area contributed by atoms with Gasteiger partial charge in [0.15, 0.2) is 17.3 Å². The number of methoxy groups -OCH3 is 2. The van der Waals surface area contributed by atoms with Crippen molar-refractivity contribution in [3.05, 3.63) is 66.2 Å². The van der Waals surface area contributed by atoms with Crippen LogP contribution in [0.15, 0.2) is 60.7 Å². The number of anilines is 1. The Morgan fingerprint density at radius 1 is 0.892 bits per heavy atom. The molecule has 0 spiro atoms. The van der Waals surface area contributed by atoms with Crippen molar-refractivity contribution < 1.29 is 19.1 Å². The molecule has 2 aromatic carbocycles. The Bertz CT molecular complexity index is 1240. The maximum atomic E-state index is 13.1. The first kappa shape index (κ1) is 24.5. The maximum absolute atomic E-state index is 13.1. The van der Waals surface area contributed by atoms with E-state index in [1.54, 1.807) is 31.3 Å². The van der Waals surface area contributed by atoms with Crippen molar-refractivity contribution in [2.45, 2.75) is 18.9 Å². The van der Waals surface area contributed by atoms with Gasteiger partial charge >= 0.3 is 0 Å². The lowest BCUT2D eigenvalue weighted by atomic mass is 10.1. The Morgan fingerprint density at radius 2 is 1.62 bits per heavy atom. The molecule has 9 heteroatoms. The second kappa shape index (κ2) is 10.9. The van der Waals surface area contributed by atoms with Gasteiger partial charge in [-0.2, -0.15) is 0 Å². The normalized spacial score (nSPS) is 15.3. The summed E-state index contributed by atoms with van der Waals surface area (Å²) in [7, 11) is 3.21. The van der Waals surface area contributed by atoms with Gasteiger partial charge in [0.25, 0.3) is 5.91 Å². The molecular weight excluding hydrogens is 470 g/mol. The maximum Gasteiger partial charge on any atom is 0.254 e. The molecule has 1 aliphatic heterocycles. The Morgan fingerprint density at radius 3 is 2.24 bits per heavy atom. The van der Waals surface area contributed by atoms with Crippen LogP contribution in [0.5, 0.6) is 11.5 Å². The third-order valence-corrected chi connectivity index (χ3v) is 6.86. The van der Waals surface area contributed by atoms with Gasteiger partial charge in [0.2, 0.25) is 5.91 Å². The molecule has 9 nitrogen and oxygen atoms in total. The zero-order valence-electron chi connectivity index (χ0n) is 21.2. The predicted octanol–water partition coefficient (Wildman–Crippen LogP) is 3.11. The number of nitrogens with zero attached hydrogens (tertiary/aromatic N) is 5. The third-order valence-electron chi connectivity index (χ3n) is 6.86. The molecule has 0 atom stereocenters. The topological polar surface area (TPSA) is 88.1 Å². The van der Waals surface area contributed by atoms with Crippen molar-refractivity contribution in [2.24, 2.45) is 0 Å². The Labute approximate surface area is 216 Å². The second-order valence-corrected chi connectivity index (χ2v) is 9.24. The molecule has 5 rings (SSSR count). The zero-order valence-corrected chi connectivity index (χ0v) is 21.2. The van der Waals surface area contributed by atoms with E-state index in [1.165, 1.54) is 0 Å².